The van der Waals surface area contributed by atoms with Gasteiger partial charge in [0.15, 0.2) is 17.5 Å². The molecular weight excluding hydrogens is 773 g/mol. The molecule has 0 aliphatic rings. The number of rotatable bonds is 7. The average molecular weight is 809 g/mol. The monoisotopic (exact) mass is 808 g/mol. The fourth-order valence-electron chi connectivity index (χ4n) is 8.88. The first kappa shape index (κ1) is 35.9. The number of aromatic nitrogens is 4. The number of fused-ring (bicyclic) bond motifs is 6. The Balaban J connectivity index is 1.08. The van der Waals surface area contributed by atoms with Gasteiger partial charge in [0.25, 0.3) is 0 Å². The summed E-state index contributed by atoms with van der Waals surface area (Å²) in [7, 11) is 0. The molecule has 3 aromatic heterocycles. The van der Waals surface area contributed by atoms with Crippen LogP contribution in [0.4, 0.5) is 0 Å². The number of nitrogens with zero attached hydrogens (tertiary/aromatic N) is 4. The standard InChI is InChI=1S/C57H36N4S/c1-4-16-37(17-5-1)42-32-43(40-28-31-49-48-24-12-15-27-53(48)62-54(49)36-40)34-44(33-42)57-59-55(39-20-8-3-9-21-39)58-56(60-57)41-29-30-45(38-18-6-2-7-19-38)52(35-41)61-50-25-13-10-22-46(50)47-23-11-14-26-51(47)61/h1-36H. The molecule has 3 heterocycles. The van der Waals surface area contributed by atoms with Crippen molar-refractivity contribution in [2.45, 2.75) is 0 Å². The van der Waals surface area contributed by atoms with Crippen LogP contribution in [0.25, 0.3) is 115 Å². The predicted octanol–water partition coefficient (Wildman–Crippen LogP) is 15.3. The summed E-state index contributed by atoms with van der Waals surface area (Å²) in [5.74, 6) is 1.84. The second-order valence-electron chi connectivity index (χ2n) is 15.6. The zero-order valence-corrected chi connectivity index (χ0v) is 34.3. The SMILES string of the molecule is c1ccc(-c2cc(-c3ccc4c(c3)sc3ccccc34)cc(-c3nc(-c4ccccc4)nc(-c4ccc(-c5ccccc5)c(-n5c6ccccc6c6ccccc65)c4)n3)c2)cc1. The lowest BCUT2D eigenvalue weighted by Gasteiger charge is -2.16. The maximum Gasteiger partial charge on any atom is 0.164 e. The molecule has 9 aromatic carbocycles. The van der Waals surface area contributed by atoms with Gasteiger partial charge in [-0.1, -0.05) is 170 Å². The lowest BCUT2D eigenvalue weighted by molar-refractivity contribution is 1.07. The molecule has 12 aromatic rings. The van der Waals surface area contributed by atoms with Crippen LogP contribution in [0.1, 0.15) is 0 Å². The van der Waals surface area contributed by atoms with E-state index in [4.69, 9.17) is 15.0 Å². The number of hydrogen-bond acceptors (Lipinski definition) is 4. The zero-order chi connectivity index (χ0) is 41.0. The van der Waals surface area contributed by atoms with Crippen molar-refractivity contribution in [2.75, 3.05) is 0 Å². The van der Waals surface area contributed by atoms with Gasteiger partial charge in [-0.15, -0.1) is 11.3 Å². The minimum Gasteiger partial charge on any atom is -0.309 e. The highest BCUT2D eigenvalue weighted by molar-refractivity contribution is 7.25. The molecule has 0 radical (unpaired) electrons. The van der Waals surface area contributed by atoms with E-state index in [1.165, 1.54) is 30.9 Å². The third kappa shape index (κ3) is 6.26. The quantitative estimate of drug-likeness (QED) is 0.161. The molecule has 0 bridgehead atoms. The zero-order valence-electron chi connectivity index (χ0n) is 33.5. The second-order valence-corrected chi connectivity index (χ2v) is 16.7. The largest absolute Gasteiger partial charge is 0.309 e. The number of hydrogen-bond donors (Lipinski definition) is 0. The van der Waals surface area contributed by atoms with Gasteiger partial charge in [0.2, 0.25) is 0 Å². The highest BCUT2D eigenvalue weighted by atomic mass is 32.1. The van der Waals surface area contributed by atoms with Gasteiger partial charge in [-0.2, -0.15) is 0 Å². The Morgan fingerprint density at radius 3 is 1.45 bits per heavy atom. The highest BCUT2D eigenvalue weighted by Gasteiger charge is 2.20. The van der Waals surface area contributed by atoms with Crippen LogP contribution in [0.5, 0.6) is 0 Å². The molecule has 0 spiro atoms. The molecule has 0 N–H and O–H groups in total. The van der Waals surface area contributed by atoms with Gasteiger partial charge in [-0.3, -0.25) is 0 Å². The highest BCUT2D eigenvalue weighted by Crippen LogP contribution is 2.41. The van der Waals surface area contributed by atoms with Crippen LogP contribution in [0.15, 0.2) is 218 Å². The topological polar surface area (TPSA) is 43.6 Å². The molecule has 0 fully saturated rings. The van der Waals surface area contributed by atoms with Crippen LogP contribution in [-0.2, 0) is 0 Å². The van der Waals surface area contributed by atoms with Crippen LogP contribution in [0, 0.1) is 0 Å². The van der Waals surface area contributed by atoms with Gasteiger partial charge in [-0.25, -0.2) is 15.0 Å². The van der Waals surface area contributed by atoms with Crippen LogP contribution in [0.2, 0.25) is 0 Å². The van der Waals surface area contributed by atoms with E-state index in [9.17, 15) is 0 Å². The number of para-hydroxylation sites is 2. The summed E-state index contributed by atoms with van der Waals surface area (Å²) < 4.78 is 4.95. The Morgan fingerprint density at radius 1 is 0.290 bits per heavy atom. The van der Waals surface area contributed by atoms with Crippen LogP contribution in [-0.4, -0.2) is 19.5 Å². The second kappa shape index (κ2) is 14.9. The van der Waals surface area contributed by atoms with E-state index in [1.54, 1.807) is 0 Å². The summed E-state index contributed by atoms with van der Waals surface area (Å²) in [6.07, 6.45) is 0. The van der Waals surface area contributed by atoms with Crippen molar-refractivity contribution in [3.63, 3.8) is 0 Å². The van der Waals surface area contributed by atoms with E-state index in [1.807, 2.05) is 29.5 Å². The summed E-state index contributed by atoms with van der Waals surface area (Å²) in [6, 6.07) is 77.6. The van der Waals surface area contributed by atoms with Crippen molar-refractivity contribution in [3.05, 3.63) is 218 Å². The van der Waals surface area contributed by atoms with E-state index in [0.29, 0.717) is 17.5 Å². The van der Waals surface area contributed by atoms with E-state index in [2.05, 4.69) is 205 Å². The first-order chi connectivity index (χ1) is 30.7. The molecular formula is C57H36N4S. The van der Waals surface area contributed by atoms with Crippen molar-refractivity contribution >= 4 is 53.3 Å². The molecule has 0 saturated heterocycles. The maximum absolute atomic E-state index is 5.37. The molecule has 290 valence electrons. The summed E-state index contributed by atoms with van der Waals surface area (Å²) >= 11 is 1.84. The van der Waals surface area contributed by atoms with E-state index >= 15 is 0 Å². The molecule has 0 aliphatic heterocycles. The summed E-state index contributed by atoms with van der Waals surface area (Å²) in [4.78, 5) is 15.8. The average Bonchev–Trinajstić information content (AvgIpc) is 3.90. The maximum atomic E-state index is 5.37. The van der Waals surface area contributed by atoms with Crippen molar-refractivity contribution in [2.24, 2.45) is 0 Å². The van der Waals surface area contributed by atoms with Crippen molar-refractivity contribution in [1.82, 2.24) is 19.5 Å². The fourth-order valence-corrected chi connectivity index (χ4v) is 10.0. The molecule has 0 unspecified atom stereocenters. The molecule has 62 heavy (non-hydrogen) atoms. The summed E-state index contributed by atoms with van der Waals surface area (Å²) in [5, 5.41) is 4.99. The molecule has 0 saturated carbocycles. The molecule has 5 heteroatoms. The van der Waals surface area contributed by atoms with Gasteiger partial charge < -0.3 is 4.57 Å². The minimum atomic E-state index is 0.605. The number of thiophene rings is 1. The van der Waals surface area contributed by atoms with Gasteiger partial charge in [0, 0.05) is 53.2 Å². The smallest absolute Gasteiger partial charge is 0.164 e. The Kier molecular flexibility index (Phi) is 8.65. The normalized spacial score (nSPS) is 11.5. The van der Waals surface area contributed by atoms with Gasteiger partial charge in [0.05, 0.1) is 16.7 Å². The lowest BCUT2D eigenvalue weighted by Crippen LogP contribution is -2.02. The fraction of sp³-hybridized carbons (Fsp3) is 0. The predicted molar refractivity (Wildman–Crippen MR) is 260 cm³/mol. The summed E-state index contributed by atoms with van der Waals surface area (Å²) in [6.45, 7) is 0. The third-order valence-electron chi connectivity index (χ3n) is 11.8. The van der Waals surface area contributed by atoms with Crippen LogP contribution >= 0.6 is 11.3 Å². The van der Waals surface area contributed by atoms with Gasteiger partial charge in [0.1, 0.15) is 0 Å². The molecule has 4 nitrogen and oxygen atoms in total. The van der Waals surface area contributed by atoms with E-state index < -0.39 is 0 Å². The molecule has 12 rings (SSSR count). The summed E-state index contributed by atoms with van der Waals surface area (Å²) in [5.41, 5.74) is 12.8. The number of benzene rings is 9. The Hall–Kier alpha value is -7.99. The van der Waals surface area contributed by atoms with Crippen molar-refractivity contribution in [3.8, 4) is 73.2 Å². The van der Waals surface area contributed by atoms with Crippen LogP contribution < -0.4 is 0 Å². The molecule has 0 aliphatic carbocycles. The Morgan fingerprint density at radius 2 is 0.774 bits per heavy atom. The lowest BCUT2D eigenvalue weighted by atomic mass is 9.95. The van der Waals surface area contributed by atoms with Crippen molar-refractivity contribution < 1.29 is 0 Å². The third-order valence-corrected chi connectivity index (χ3v) is 13.0. The Bertz CT molecular complexity index is 3580. The Labute approximate surface area is 362 Å². The molecule has 0 amide bonds. The van der Waals surface area contributed by atoms with Gasteiger partial charge >= 0.3 is 0 Å². The minimum absolute atomic E-state index is 0.605. The van der Waals surface area contributed by atoms with E-state index in [-0.39, 0.29) is 0 Å². The first-order valence-electron chi connectivity index (χ1n) is 20.8. The molecule has 0 atom stereocenters. The first-order valence-corrected chi connectivity index (χ1v) is 21.7. The van der Waals surface area contributed by atoms with E-state index in [0.717, 1.165) is 66.8 Å². The van der Waals surface area contributed by atoms with Crippen LogP contribution in [0.3, 0.4) is 0 Å². The van der Waals surface area contributed by atoms with Gasteiger partial charge in [-0.05, 0) is 76.3 Å². The van der Waals surface area contributed by atoms with Crippen molar-refractivity contribution in [1.29, 1.82) is 0 Å².